The van der Waals surface area contributed by atoms with Crippen LogP contribution in [-0.2, 0) is 0 Å². The number of allylic oxidation sites excluding steroid dienone is 4. The van der Waals surface area contributed by atoms with Crippen molar-refractivity contribution in [2.75, 3.05) is 0 Å². The van der Waals surface area contributed by atoms with Crippen molar-refractivity contribution in [1.82, 2.24) is 0 Å². The van der Waals surface area contributed by atoms with E-state index in [-0.39, 0.29) is 0 Å². The number of benzene rings is 1. The largest absolute Gasteiger partial charge is 0.0909 e. The first-order valence-electron chi connectivity index (χ1n) is 6.52. The summed E-state index contributed by atoms with van der Waals surface area (Å²) in [5, 5.41) is 0. The lowest BCUT2D eigenvalue weighted by molar-refractivity contribution is 1.50. The zero-order valence-corrected chi connectivity index (χ0v) is 11.7. The molecule has 1 aromatic carbocycles. The first kappa shape index (κ1) is 12.6. The van der Waals surface area contributed by atoms with Crippen LogP contribution in [0.1, 0.15) is 49.9 Å². The molecule has 0 saturated carbocycles. The highest BCUT2D eigenvalue weighted by Crippen LogP contribution is 2.41. The molecular weight excluding hydrogens is 216 g/mol. The van der Waals surface area contributed by atoms with Crippen LogP contribution in [0.15, 0.2) is 36.4 Å². The third-order valence-corrected chi connectivity index (χ3v) is 3.57. The van der Waals surface area contributed by atoms with Crippen molar-refractivity contribution in [3.8, 4) is 0 Å². The minimum Gasteiger partial charge on any atom is -0.0909 e. The summed E-state index contributed by atoms with van der Waals surface area (Å²) in [7, 11) is 0. The molecule has 0 saturated heterocycles. The van der Waals surface area contributed by atoms with Crippen LogP contribution in [0.2, 0.25) is 0 Å². The molecule has 0 heteroatoms. The molecule has 18 heavy (non-hydrogen) atoms. The van der Waals surface area contributed by atoms with Crippen LogP contribution >= 0.6 is 0 Å². The summed E-state index contributed by atoms with van der Waals surface area (Å²) < 4.78 is 0. The average molecular weight is 236 g/mol. The quantitative estimate of drug-likeness (QED) is 0.552. The van der Waals surface area contributed by atoms with E-state index in [1.807, 2.05) is 13.8 Å². The molecule has 0 atom stereocenters. The maximum absolute atomic E-state index is 4.13. The monoisotopic (exact) mass is 236 g/mol. The van der Waals surface area contributed by atoms with Crippen LogP contribution in [0.3, 0.4) is 0 Å². The maximum atomic E-state index is 4.13. The predicted octanol–water partition coefficient (Wildman–Crippen LogP) is 5.57. The van der Waals surface area contributed by atoms with Gasteiger partial charge in [0, 0.05) is 0 Å². The van der Waals surface area contributed by atoms with E-state index < -0.39 is 0 Å². The van der Waals surface area contributed by atoms with Crippen molar-refractivity contribution >= 4 is 23.3 Å². The fourth-order valence-corrected chi connectivity index (χ4v) is 2.46. The van der Waals surface area contributed by atoms with Crippen molar-refractivity contribution in [2.24, 2.45) is 0 Å². The molecule has 92 valence electrons. The minimum absolute atomic E-state index is 1.15. The summed E-state index contributed by atoms with van der Waals surface area (Å²) >= 11 is 0. The molecule has 0 aliphatic heterocycles. The fraction of sp³-hybridized carbons (Fsp3) is 0.222. The van der Waals surface area contributed by atoms with Crippen LogP contribution in [0.25, 0.3) is 23.3 Å². The van der Waals surface area contributed by atoms with Gasteiger partial charge in [0.15, 0.2) is 0 Å². The van der Waals surface area contributed by atoms with Crippen molar-refractivity contribution in [1.29, 1.82) is 0 Å². The van der Waals surface area contributed by atoms with Crippen molar-refractivity contribution < 1.29 is 0 Å². The fourth-order valence-electron chi connectivity index (χ4n) is 2.46. The lowest BCUT2D eigenvalue weighted by Gasteiger charge is -2.06. The van der Waals surface area contributed by atoms with E-state index in [0.717, 1.165) is 11.1 Å². The summed E-state index contributed by atoms with van der Waals surface area (Å²) in [5.74, 6) is 0. The van der Waals surface area contributed by atoms with Crippen molar-refractivity contribution in [2.45, 2.75) is 27.7 Å². The second-order valence-electron chi connectivity index (χ2n) is 4.64. The third-order valence-electron chi connectivity index (χ3n) is 3.57. The molecule has 0 N–H and O–H groups in total. The molecule has 1 aromatic rings. The summed E-state index contributed by atoms with van der Waals surface area (Å²) in [6.07, 6.45) is 4.41. The minimum atomic E-state index is 1.15. The van der Waals surface area contributed by atoms with E-state index in [2.05, 4.69) is 51.3 Å². The molecule has 0 aromatic heterocycles. The zero-order chi connectivity index (χ0) is 13.4. The SMILES string of the molecule is C=C1C(C)=Cc2cc3c(cc21)C=C(C)C3=C.CC. The van der Waals surface area contributed by atoms with Crippen molar-refractivity contribution in [3.63, 3.8) is 0 Å². The molecule has 0 nitrogen and oxygen atoms in total. The standard InChI is InChI=1S/C16H14.C2H6/c1-9-5-13-7-16-12(4)10(2)6-14(16)8-15(13)11(9)3;1-2/h5-8H,3-4H2,1-2H3;1-2H3. The third kappa shape index (κ3) is 1.69. The van der Waals surface area contributed by atoms with Crippen LogP contribution in [0, 0.1) is 0 Å². The highest BCUT2D eigenvalue weighted by atomic mass is 14.2. The van der Waals surface area contributed by atoms with E-state index in [1.54, 1.807) is 0 Å². The van der Waals surface area contributed by atoms with E-state index in [0.29, 0.717) is 0 Å². The molecule has 0 radical (unpaired) electrons. The molecular formula is C18H20. The van der Waals surface area contributed by atoms with Crippen LogP contribution < -0.4 is 0 Å². The predicted molar refractivity (Wildman–Crippen MR) is 83.2 cm³/mol. The Kier molecular flexibility index (Phi) is 3.13. The summed E-state index contributed by atoms with van der Waals surface area (Å²) in [5.41, 5.74) is 9.96. The molecule has 0 fully saturated rings. The Hall–Kier alpha value is -1.82. The smallest absolute Gasteiger partial charge is 0.0108 e. The molecule has 0 spiro atoms. The first-order valence-corrected chi connectivity index (χ1v) is 6.52. The van der Waals surface area contributed by atoms with Gasteiger partial charge in [-0.3, -0.25) is 0 Å². The number of hydrogen-bond donors (Lipinski definition) is 0. The molecule has 2 aliphatic rings. The molecule has 0 heterocycles. The van der Waals surface area contributed by atoms with Crippen LogP contribution in [0.5, 0.6) is 0 Å². The lowest BCUT2D eigenvalue weighted by Crippen LogP contribution is -1.87. The van der Waals surface area contributed by atoms with Gasteiger partial charge < -0.3 is 0 Å². The van der Waals surface area contributed by atoms with E-state index >= 15 is 0 Å². The number of hydrogen-bond acceptors (Lipinski definition) is 0. The van der Waals surface area contributed by atoms with Crippen LogP contribution in [-0.4, -0.2) is 0 Å². The van der Waals surface area contributed by atoms with Gasteiger partial charge in [-0.15, -0.1) is 0 Å². The summed E-state index contributed by atoms with van der Waals surface area (Å²) in [4.78, 5) is 0. The summed E-state index contributed by atoms with van der Waals surface area (Å²) in [6.45, 7) is 16.5. The van der Waals surface area contributed by atoms with Gasteiger partial charge >= 0.3 is 0 Å². The van der Waals surface area contributed by atoms with Gasteiger partial charge in [0.05, 0.1) is 0 Å². The second kappa shape index (κ2) is 4.45. The Morgan fingerprint density at radius 3 is 1.39 bits per heavy atom. The molecule has 0 amide bonds. The maximum Gasteiger partial charge on any atom is -0.0108 e. The van der Waals surface area contributed by atoms with E-state index in [4.69, 9.17) is 0 Å². The molecule has 2 aliphatic carbocycles. The Labute approximate surface area is 110 Å². The van der Waals surface area contributed by atoms with E-state index in [9.17, 15) is 0 Å². The molecule has 0 bridgehead atoms. The van der Waals surface area contributed by atoms with Gasteiger partial charge in [-0.2, -0.15) is 0 Å². The Morgan fingerprint density at radius 2 is 1.06 bits per heavy atom. The average Bonchev–Trinajstić information content (AvgIpc) is 2.80. The lowest BCUT2D eigenvalue weighted by atomic mass is 9.97. The topological polar surface area (TPSA) is 0 Å². The zero-order valence-electron chi connectivity index (χ0n) is 11.7. The Balaban J connectivity index is 0.000000574. The highest BCUT2D eigenvalue weighted by Gasteiger charge is 2.20. The normalized spacial score (nSPS) is 15.6. The van der Waals surface area contributed by atoms with Gasteiger partial charge in [0.1, 0.15) is 0 Å². The summed E-state index contributed by atoms with van der Waals surface area (Å²) in [6, 6.07) is 4.48. The van der Waals surface area contributed by atoms with E-state index in [1.165, 1.54) is 33.4 Å². The van der Waals surface area contributed by atoms with Gasteiger partial charge in [-0.05, 0) is 70.5 Å². The van der Waals surface area contributed by atoms with Gasteiger partial charge in [-0.1, -0.05) is 39.2 Å². The Morgan fingerprint density at radius 1 is 0.722 bits per heavy atom. The highest BCUT2D eigenvalue weighted by molar-refractivity contribution is 5.99. The number of rotatable bonds is 0. The van der Waals surface area contributed by atoms with Crippen molar-refractivity contribution in [3.05, 3.63) is 58.7 Å². The van der Waals surface area contributed by atoms with Gasteiger partial charge in [0.25, 0.3) is 0 Å². The Bertz CT molecular complexity index is 551. The molecule has 3 rings (SSSR count). The number of fused-ring (bicyclic) bond motifs is 2. The van der Waals surface area contributed by atoms with Gasteiger partial charge in [0.2, 0.25) is 0 Å². The first-order chi connectivity index (χ1) is 8.58. The van der Waals surface area contributed by atoms with Gasteiger partial charge in [-0.25, -0.2) is 0 Å². The molecule has 0 unspecified atom stereocenters. The van der Waals surface area contributed by atoms with Crippen LogP contribution in [0.4, 0.5) is 0 Å². The second-order valence-corrected chi connectivity index (χ2v) is 4.64.